The van der Waals surface area contributed by atoms with Gasteiger partial charge in [0, 0.05) is 41.8 Å². The number of nitrogens with zero attached hydrogens (tertiary/aromatic N) is 3. The van der Waals surface area contributed by atoms with Crippen LogP contribution < -0.4 is 10.6 Å². The number of fused-ring (bicyclic) bond motifs is 1. The van der Waals surface area contributed by atoms with Gasteiger partial charge in [-0.3, -0.25) is 4.68 Å². The Bertz CT molecular complexity index is 915. The Balaban J connectivity index is 1.36. The summed E-state index contributed by atoms with van der Waals surface area (Å²) >= 11 is 1.78. The summed E-state index contributed by atoms with van der Waals surface area (Å²) in [5.74, 6) is 0. The van der Waals surface area contributed by atoms with Gasteiger partial charge >= 0.3 is 6.03 Å². The molecular weight excluding hydrogens is 346 g/mol. The van der Waals surface area contributed by atoms with E-state index in [2.05, 4.69) is 20.0 Å². The van der Waals surface area contributed by atoms with Crippen molar-refractivity contribution in [3.8, 4) is 0 Å². The van der Waals surface area contributed by atoms with Crippen molar-refractivity contribution in [3.63, 3.8) is 0 Å². The minimum absolute atomic E-state index is 0.258. The topological polar surface area (TPSA) is 62.2 Å². The highest BCUT2D eigenvalue weighted by atomic mass is 32.2. The van der Waals surface area contributed by atoms with E-state index in [1.165, 1.54) is 17.7 Å². The second kappa shape index (κ2) is 7.39. The molecule has 2 N–H and O–H groups in total. The van der Waals surface area contributed by atoms with Crippen molar-refractivity contribution in [2.24, 2.45) is 7.05 Å². The number of hydrogen-bond acceptors (Lipinski definition) is 4. The number of carbonyl (C=O) groups is 1. The van der Waals surface area contributed by atoms with Crippen LogP contribution in [-0.2, 0) is 7.05 Å². The van der Waals surface area contributed by atoms with E-state index in [0.717, 1.165) is 35.4 Å². The largest absolute Gasteiger partial charge is 0.323 e. The average Bonchev–Trinajstić information content (AvgIpc) is 3.27. The van der Waals surface area contributed by atoms with Crippen LogP contribution in [0.15, 0.2) is 53.6 Å². The van der Waals surface area contributed by atoms with E-state index in [9.17, 15) is 4.79 Å². The molecule has 0 unspecified atom stereocenters. The molecule has 4 rings (SSSR count). The molecule has 0 bridgehead atoms. The van der Waals surface area contributed by atoms with Crippen LogP contribution in [0.25, 0.3) is 10.9 Å². The van der Waals surface area contributed by atoms with E-state index in [1.54, 1.807) is 22.8 Å². The monoisotopic (exact) mass is 367 g/mol. The SMILES string of the molecule is Cn1ncc2ccc(NC(=O)Nc3ccc(SN4CCCC4)cc3)cc21. The Morgan fingerprint density at radius 1 is 1.04 bits per heavy atom. The third kappa shape index (κ3) is 3.84. The molecule has 1 fully saturated rings. The summed E-state index contributed by atoms with van der Waals surface area (Å²) in [6.07, 6.45) is 4.36. The second-order valence-corrected chi connectivity index (χ2v) is 7.54. The summed E-state index contributed by atoms with van der Waals surface area (Å²) in [6.45, 7) is 2.29. The molecule has 2 amide bonds. The highest BCUT2D eigenvalue weighted by Gasteiger charge is 2.12. The molecule has 0 saturated carbocycles. The summed E-state index contributed by atoms with van der Waals surface area (Å²) in [5, 5.41) is 11.0. The first kappa shape index (κ1) is 16.9. The van der Waals surface area contributed by atoms with Crippen molar-refractivity contribution < 1.29 is 4.79 Å². The van der Waals surface area contributed by atoms with Crippen LogP contribution in [0.1, 0.15) is 12.8 Å². The molecule has 2 heterocycles. The molecule has 1 saturated heterocycles. The van der Waals surface area contributed by atoms with Gasteiger partial charge in [-0.2, -0.15) is 5.10 Å². The lowest BCUT2D eigenvalue weighted by molar-refractivity contribution is 0.262. The van der Waals surface area contributed by atoms with Gasteiger partial charge in [-0.25, -0.2) is 9.10 Å². The predicted octanol–water partition coefficient (Wildman–Crippen LogP) is 4.32. The van der Waals surface area contributed by atoms with E-state index < -0.39 is 0 Å². The van der Waals surface area contributed by atoms with Crippen LogP contribution in [0.2, 0.25) is 0 Å². The van der Waals surface area contributed by atoms with E-state index in [1.807, 2.05) is 49.5 Å². The summed E-state index contributed by atoms with van der Waals surface area (Å²) in [6, 6.07) is 13.4. The van der Waals surface area contributed by atoms with E-state index >= 15 is 0 Å². The molecule has 0 aliphatic carbocycles. The van der Waals surface area contributed by atoms with Crippen molar-refractivity contribution in [1.29, 1.82) is 0 Å². The molecule has 7 heteroatoms. The molecule has 1 aromatic heterocycles. The zero-order chi connectivity index (χ0) is 17.9. The molecule has 6 nitrogen and oxygen atoms in total. The summed E-state index contributed by atoms with van der Waals surface area (Å²) in [4.78, 5) is 13.4. The molecule has 2 aromatic carbocycles. The Kier molecular flexibility index (Phi) is 4.81. The van der Waals surface area contributed by atoms with Crippen LogP contribution in [0.4, 0.5) is 16.2 Å². The Hall–Kier alpha value is -2.51. The van der Waals surface area contributed by atoms with Crippen molar-refractivity contribution in [2.45, 2.75) is 17.7 Å². The lowest BCUT2D eigenvalue weighted by Gasteiger charge is -2.13. The number of hydrogen-bond donors (Lipinski definition) is 2. The van der Waals surface area contributed by atoms with Crippen molar-refractivity contribution >= 4 is 40.3 Å². The molecule has 0 spiro atoms. The lowest BCUT2D eigenvalue weighted by atomic mass is 10.2. The molecule has 0 atom stereocenters. The van der Waals surface area contributed by atoms with Crippen molar-refractivity contribution in [3.05, 3.63) is 48.7 Å². The Morgan fingerprint density at radius 3 is 2.50 bits per heavy atom. The summed E-state index contributed by atoms with van der Waals surface area (Å²) in [7, 11) is 1.88. The van der Waals surface area contributed by atoms with Crippen molar-refractivity contribution in [2.75, 3.05) is 23.7 Å². The number of urea groups is 1. The van der Waals surface area contributed by atoms with Gasteiger partial charge in [0.15, 0.2) is 0 Å². The average molecular weight is 367 g/mol. The molecule has 0 radical (unpaired) electrons. The standard InChI is InChI=1S/C19H21N5OS/c1-23-18-12-16(5-4-14(18)13-20-23)22-19(25)21-15-6-8-17(9-7-15)26-24-10-2-3-11-24/h4-9,12-13H,2-3,10-11H2,1H3,(H2,21,22,25). The highest BCUT2D eigenvalue weighted by Crippen LogP contribution is 2.27. The molecule has 1 aliphatic heterocycles. The molecular formula is C19H21N5OS. The van der Waals surface area contributed by atoms with Gasteiger partial charge in [0.2, 0.25) is 0 Å². The number of aryl methyl sites for hydroxylation is 1. The van der Waals surface area contributed by atoms with Crippen LogP contribution >= 0.6 is 11.9 Å². The molecule has 3 aromatic rings. The first-order valence-corrected chi connectivity index (χ1v) is 9.47. The zero-order valence-corrected chi connectivity index (χ0v) is 15.4. The number of carbonyl (C=O) groups excluding carboxylic acids is 1. The van der Waals surface area contributed by atoms with Gasteiger partial charge in [0.05, 0.1) is 11.7 Å². The first-order chi connectivity index (χ1) is 12.7. The fourth-order valence-corrected chi connectivity index (χ4v) is 4.04. The smallest absolute Gasteiger partial charge is 0.308 e. The molecule has 1 aliphatic rings. The van der Waals surface area contributed by atoms with Gasteiger partial charge in [0.1, 0.15) is 0 Å². The van der Waals surface area contributed by atoms with Crippen molar-refractivity contribution in [1.82, 2.24) is 14.1 Å². The van der Waals surface area contributed by atoms with Crippen LogP contribution in [0.3, 0.4) is 0 Å². The minimum Gasteiger partial charge on any atom is -0.308 e. The maximum absolute atomic E-state index is 12.2. The number of nitrogens with one attached hydrogen (secondary N) is 2. The number of rotatable bonds is 4. The third-order valence-electron chi connectivity index (χ3n) is 4.42. The number of aromatic nitrogens is 2. The number of anilines is 2. The summed E-state index contributed by atoms with van der Waals surface area (Å²) in [5.41, 5.74) is 2.49. The van der Waals surface area contributed by atoms with Gasteiger partial charge in [-0.05, 0) is 67.3 Å². The van der Waals surface area contributed by atoms with Crippen LogP contribution in [-0.4, -0.2) is 33.2 Å². The van der Waals surface area contributed by atoms with Gasteiger partial charge in [0.25, 0.3) is 0 Å². The van der Waals surface area contributed by atoms with E-state index in [-0.39, 0.29) is 6.03 Å². The van der Waals surface area contributed by atoms with E-state index in [4.69, 9.17) is 0 Å². The highest BCUT2D eigenvalue weighted by molar-refractivity contribution is 7.97. The normalized spacial score (nSPS) is 14.7. The van der Waals surface area contributed by atoms with Gasteiger partial charge in [-0.15, -0.1) is 0 Å². The first-order valence-electron chi connectivity index (χ1n) is 8.70. The second-order valence-electron chi connectivity index (χ2n) is 6.37. The van der Waals surface area contributed by atoms with Crippen LogP contribution in [0.5, 0.6) is 0 Å². The maximum atomic E-state index is 12.2. The lowest BCUT2D eigenvalue weighted by Crippen LogP contribution is -2.19. The quantitative estimate of drug-likeness (QED) is 0.674. The van der Waals surface area contributed by atoms with Crippen LogP contribution in [0, 0.1) is 0 Å². The minimum atomic E-state index is -0.258. The van der Waals surface area contributed by atoms with Gasteiger partial charge < -0.3 is 10.6 Å². The van der Waals surface area contributed by atoms with E-state index in [0.29, 0.717) is 0 Å². The van der Waals surface area contributed by atoms with Gasteiger partial charge in [-0.1, -0.05) is 0 Å². The zero-order valence-electron chi connectivity index (χ0n) is 14.6. The Labute approximate surface area is 156 Å². The summed E-state index contributed by atoms with van der Waals surface area (Å²) < 4.78 is 4.17. The fraction of sp³-hybridized carbons (Fsp3) is 0.263. The number of benzene rings is 2. The number of amides is 2. The third-order valence-corrected chi connectivity index (χ3v) is 5.53. The predicted molar refractivity (Wildman–Crippen MR) is 106 cm³/mol. The fourth-order valence-electron chi connectivity index (χ4n) is 3.04. The molecule has 134 valence electrons. The molecule has 26 heavy (non-hydrogen) atoms. The Morgan fingerprint density at radius 2 is 1.73 bits per heavy atom. The maximum Gasteiger partial charge on any atom is 0.323 e.